The number of rotatable bonds is 5. The predicted molar refractivity (Wildman–Crippen MR) is 90.2 cm³/mol. The van der Waals surface area contributed by atoms with Gasteiger partial charge in [-0.3, -0.25) is 9.89 Å². The van der Waals surface area contributed by atoms with Gasteiger partial charge >= 0.3 is 0 Å². The molecule has 4 saturated carbocycles. The summed E-state index contributed by atoms with van der Waals surface area (Å²) in [5, 5.41) is 10.1. The Hall–Kier alpha value is -1.17. The normalized spacial score (nSPS) is 34.7. The Morgan fingerprint density at radius 1 is 1.30 bits per heavy atom. The number of carbonyl (C=O) groups is 1. The van der Waals surface area contributed by atoms with Crippen LogP contribution in [0.25, 0.3) is 0 Å². The second kappa shape index (κ2) is 5.72. The topological polar surface area (TPSA) is 62.7 Å². The second-order valence-corrected chi connectivity index (χ2v) is 8.45. The Kier molecular flexibility index (Phi) is 3.82. The van der Waals surface area contributed by atoms with Gasteiger partial charge in [0.25, 0.3) is 0 Å². The van der Waals surface area contributed by atoms with Crippen molar-refractivity contribution in [3.8, 4) is 0 Å². The van der Waals surface area contributed by atoms with Gasteiger partial charge < -0.3 is 9.88 Å². The maximum atomic E-state index is 12.5. The van der Waals surface area contributed by atoms with E-state index in [1.807, 2.05) is 11.5 Å². The maximum Gasteiger partial charge on any atom is 0.220 e. The Morgan fingerprint density at radius 2 is 1.91 bits per heavy atom. The fourth-order valence-corrected chi connectivity index (χ4v) is 6.18. The number of nitrogens with zero attached hydrogens (tertiary/aromatic N) is 2. The molecule has 4 aliphatic carbocycles. The first-order valence-corrected chi connectivity index (χ1v) is 9.38. The molecule has 0 aliphatic heterocycles. The van der Waals surface area contributed by atoms with E-state index in [4.69, 9.17) is 12.2 Å². The summed E-state index contributed by atoms with van der Waals surface area (Å²) in [5.74, 6) is 3.68. The number of aromatic nitrogens is 3. The van der Waals surface area contributed by atoms with E-state index >= 15 is 0 Å². The third-order valence-electron chi connectivity index (χ3n) is 6.30. The van der Waals surface area contributed by atoms with Crippen LogP contribution in [0.4, 0.5) is 0 Å². The van der Waals surface area contributed by atoms with Crippen LogP contribution in [0, 0.1) is 27.9 Å². The third-order valence-corrected chi connectivity index (χ3v) is 6.61. The summed E-state index contributed by atoms with van der Waals surface area (Å²) in [6.45, 7) is 3.27. The first kappa shape index (κ1) is 15.4. The number of amides is 1. The highest BCUT2D eigenvalue weighted by molar-refractivity contribution is 7.71. The highest BCUT2D eigenvalue weighted by Gasteiger charge is 2.51. The van der Waals surface area contributed by atoms with Gasteiger partial charge in [0, 0.05) is 13.0 Å². The summed E-state index contributed by atoms with van der Waals surface area (Å²) in [5.41, 5.74) is 0.300. The first-order valence-electron chi connectivity index (χ1n) is 8.98. The van der Waals surface area contributed by atoms with Crippen LogP contribution in [-0.2, 0) is 17.9 Å². The number of carbonyl (C=O) groups excluding carboxylic acids is 1. The van der Waals surface area contributed by atoms with Crippen molar-refractivity contribution in [3.63, 3.8) is 0 Å². The van der Waals surface area contributed by atoms with Crippen LogP contribution in [0.15, 0.2) is 0 Å². The molecule has 0 saturated heterocycles. The van der Waals surface area contributed by atoms with Crippen molar-refractivity contribution < 1.29 is 4.79 Å². The number of hydrogen-bond acceptors (Lipinski definition) is 3. The summed E-state index contributed by atoms with van der Waals surface area (Å²) in [7, 11) is 0. The maximum absolute atomic E-state index is 12.5. The zero-order valence-corrected chi connectivity index (χ0v) is 14.6. The molecule has 0 radical (unpaired) electrons. The average Bonchev–Trinajstić information content (AvgIpc) is 2.83. The van der Waals surface area contributed by atoms with E-state index in [0.717, 1.165) is 30.1 Å². The smallest absolute Gasteiger partial charge is 0.220 e. The van der Waals surface area contributed by atoms with E-state index in [1.165, 1.54) is 38.5 Å². The molecule has 1 heterocycles. The van der Waals surface area contributed by atoms with Gasteiger partial charge in [0.1, 0.15) is 0 Å². The van der Waals surface area contributed by atoms with Crippen LogP contribution in [-0.4, -0.2) is 20.7 Å². The highest BCUT2D eigenvalue weighted by atomic mass is 32.1. The number of hydrogen-bond donors (Lipinski definition) is 2. The van der Waals surface area contributed by atoms with Crippen LogP contribution in [0.1, 0.15) is 57.7 Å². The molecule has 1 amide bonds. The van der Waals surface area contributed by atoms with Crippen molar-refractivity contribution in [1.29, 1.82) is 0 Å². The Balaban J connectivity index is 1.38. The molecular formula is C17H26N4OS. The van der Waals surface area contributed by atoms with Crippen LogP contribution in [0.2, 0.25) is 0 Å². The molecule has 5 nitrogen and oxygen atoms in total. The van der Waals surface area contributed by atoms with Gasteiger partial charge in [-0.05, 0) is 80.8 Å². The molecule has 5 rings (SSSR count). The van der Waals surface area contributed by atoms with Crippen molar-refractivity contribution >= 4 is 18.1 Å². The lowest BCUT2D eigenvalue weighted by Gasteiger charge is -2.56. The SMILES string of the molecule is CCn1c(CNC(=O)CC23CC4CC(CC(C4)C2)C3)n[nH]c1=S. The van der Waals surface area contributed by atoms with E-state index in [9.17, 15) is 4.79 Å². The third kappa shape index (κ3) is 2.86. The van der Waals surface area contributed by atoms with Crippen molar-refractivity contribution in [2.75, 3.05) is 0 Å². The van der Waals surface area contributed by atoms with Gasteiger partial charge in [-0.1, -0.05) is 0 Å². The van der Waals surface area contributed by atoms with Crippen LogP contribution < -0.4 is 5.32 Å². The van der Waals surface area contributed by atoms with Gasteiger partial charge in [0.05, 0.1) is 6.54 Å². The van der Waals surface area contributed by atoms with E-state index < -0.39 is 0 Å². The molecule has 2 N–H and O–H groups in total. The highest BCUT2D eigenvalue weighted by Crippen LogP contribution is 2.61. The van der Waals surface area contributed by atoms with Gasteiger partial charge in [-0.15, -0.1) is 0 Å². The quantitative estimate of drug-likeness (QED) is 0.813. The summed E-state index contributed by atoms with van der Waals surface area (Å²) in [4.78, 5) is 12.5. The zero-order valence-electron chi connectivity index (χ0n) is 13.8. The molecule has 4 aliphatic rings. The first-order chi connectivity index (χ1) is 11.1. The van der Waals surface area contributed by atoms with Gasteiger partial charge in [-0.25, -0.2) is 0 Å². The minimum absolute atomic E-state index is 0.184. The molecule has 1 aromatic heterocycles. The number of nitrogens with one attached hydrogen (secondary N) is 2. The second-order valence-electron chi connectivity index (χ2n) is 8.06. The van der Waals surface area contributed by atoms with Crippen LogP contribution >= 0.6 is 12.2 Å². The predicted octanol–water partition coefficient (Wildman–Crippen LogP) is 3.18. The lowest BCUT2D eigenvalue weighted by Crippen LogP contribution is -2.48. The molecule has 4 fully saturated rings. The standard InChI is InChI=1S/C17H26N4OS/c1-2-21-14(19-20-16(21)23)10-18-15(22)9-17-6-11-3-12(7-17)5-13(4-11)8-17/h11-13H,2-10H2,1H3,(H,18,22)(H,20,23). The number of aromatic amines is 1. The summed E-state index contributed by atoms with van der Waals surface area (Å²) >= 11 is 5.19. The molecule has 0 aromatic carbocycles. The van der Waals surface area contributed by atoms with Crippen LogP contribution in [0.5, 0.6) is 0 Å². The molecule has 0 atom stereocenters. The van der Waals surface area contributed by atoms with Crippen LogP contribution in [0.3, 0.4) is 0 Å². The van der Waals surface area contributed by atoms with E-state index in [1.54, 1.807) is 0 Å². The number of H-pyrrole nitrogens is 1. The summed E-state index contributed by atoms with van der Waals surface area (Å²) in [6.07, 6.45) is 8.80. The fraction of sp³-hybridized carbons (Fsp3) is 0.824. The largest absolute Gasteiger partial charge is 0.349 e. The summed E-state index contributed by atoms with van der Waals surface area (Å²) < 4.78 is 2.55. The molecule has 6 heteroatoms. The minimum Gasteiger partial charge on any atom is -0.349 e. The average molecular weight is 334 g/mol. The van der Waals surface area contributed by atoms with Crippen molar-refractivity contribution in [3.05, 3.63) is 10.6 Å². The zero-order chi connectivity index (χ0) is 16.0. The molecule has 4 bridgehead atoms. The lowest BCUT2D eigenvalue weighted by molar-refractivity contribution is -0.129. The van der Waals surface area contributed by atoms with Gasteiger partial charge in [0.15, 0.2) is 10.6 Å². The van der Waals surface area contributed by atoms with Gasteiger partial charge in [0.2, 0.25) is 5.91 Å². The fourth-order valence-electron chi connectivity index (χ4n) is 5.90. The van der Waals surface area contributed by atoms with E-state index in [-0.39, 0.29) is 5.91 Å². The van der Waals surface area contributed by atoms with E-state index in [2.05, 4.69) is 15.5 Å². The van der Waals surface area contributed by atoms with E-state index in [0.29, 0.717) is 23.2 Å². The lowest BCUT2D eigenvalue weighted by atomic mass is 9.49. The van der Waals surface area contributed by atoms with Crippen molar-refractivity contribution in [2.24, 2.45) is 23.2 Å². The monoisotopic (exact) mass is 334 g/mol. The van der Waals surface area contributed by atoms with Gasteiger partial charge in [-0.2, -0.15) is 5.10 Å². The molecule has 1 aromatic rings. The Morgan fingerprint density at radius 3 is 2.48 bits per heavy atom. The summed E-state index contributed by atoms with van der Waals surface area (Å²) in [6, 6.07) is 0. The molecule has 23 heavy (non-hydrogen) atoms. The molecule has 0 spiro atoms. The molecule has 126 valence electrons. The minimum atomic E-state index is 0.184. The van der Waals surface area contributed by atoms with Crippen molar-refractivity contribution in [2.45, 2.75) is 65.0 Å². The Labute approximate surface area is 142 Å². The molecular weight excluding hydrogens is 308 g/mol. The van der Waals surface area contributed by atoms with Crippen molar-refractivity contribution in [1.82, 2.24) is 20.1 Å². The Bertz CT molecular complexity index is 627. The molecule has 0 unspecified atom stereocenters.